The number of aromatic carboxylic acids is 1. The number of amides is 1. The molecule has 5 heteroatoms. The summed E-state index contributed by atoms with van der Waals surface area (Å²) in [6.07, 6.45) is 0.781. The number of hydrogen-bond acceptors (Lipinski definition) is 3. The highest BCUT2D eigenvalue weighted by Crippen LogP contribution is 2.18. The summed E-state index contributed by atoms with van der Waals surface area (Å²) in [5.41, 5.74) is 1.39. The SMILES string of the molecule is CCc1ccc(C(=O)O)c(NC(=O)CS)c1. The van der Waals surface area contributed by atoms with Crippen molar-refractivity contribution in [3.63, 3.8) is 0 Å². The summed E-state index contributed by atoms with van der Waals surface area (Å²) < 4.78 is 0. The fourth-order valence-corrected chi connectivity index (χ4v) is 1.37. The Hall–Kier alpha value is -1.49. The molecule has 1 amide bonds. The molecule has 2 N–H and O–H groups in total. The Labute approximate surface area is 99.1 Å². The van der Waals surface area contributed by atoms with Gasteiger partial charge >= 0.3 is 5.97 Å². The number of rotatable bonds is 4. The second kappa shape index (κ2) is 5.55. The number of aryl methyl sites for hydroxylation is 1. The number of carbonyl (C=O) groups excluding carboxylic acids is 1. The van der Waals surface area contributed by atoms with Crippen LogP contribution in [0.2, 0.25) is 0 Å². The Morgan fingerprint density at radius 3 is 2.62 bits per heavy atom. The summed E-state index contributed by atoms with van der Waals surface area (Å²) in [6, 6.07) is 4.90. The third-order valence-corrected chi connectivity index (χ3v) is 2.43. The minimum atomic E-state index is -1.06. The van der Waals surface area contributed by atoms with Crippen molar-refractivity contribution in [2.24, 2.45) is 0 Å². The smallest absolute Gasteiger partial charge is 0.337 e. The average molecular weight is 239 g/mol. The van der Waals surface area contributed by atoms with Gasteiger partial charge in [-0.2, -0.15) is 12.6 Å². The average Bonchev–Trinajstić information content (AvgIpc) is 2.28. The minimum absolute atomic E-state index is 0.0232. The zero-order chi connectivity index (χ0) is 12.1. The van der Waals surface area contributed by atoms with Crippen LogP contribution in [0.5, 0.6) is 0 Å². The maximum atomic E-state index is 11.2. The van der Waals surface area contributed by atoms with Crippen molar-refractivity contribution in [1.29, 1.82) is 0 Å². The van der Waals surface area contributed by atoms with Crippen LogP contribution < -0.4 is 5.32 Å². The first-order valence-electron chi connectivity index (χ1n) is 4.85. The molecule has 86 valence electrons. The molecule has 16 heavy (non-hydrogen) atoms. The maximum Gasteiger partial charge on any atom is 0.337 e. The largest absolute Gasteiger partial charge is 0.478 e. The summed E-state index contributed by atoms with van der Waals surface area (Å²) >= 11 is 3.82. The third-order valence-electron chi connectivity index (χ3n) is 2.14. The molecule has 0 aliphatic carbocycles. The number of nitrogens with one attached hydrogen (secondary N) is 1. The van der Waals surface area contributed by atoms with E-state index in [1.807, 2.05) is 6.92 Å². The fraction of sp³-hybridized carbons (Fsp3) is 0.273. The van der Waals surface area contributed by atoms with E-state index in [2.05, 4.69) is 17.9 Å². The zero-order valence-electron chi connectivity index (χ0n) is 8.86. The monoisotopic (exact) mass is 239 g/mol. The molecular formula is C11H13NO3S. The first-order chi connectivity index (χ1) is 7.58. The molecule has 0 unspecified atom stereocenters. The number of carboxylic acids is 1. The number of carboxylic acid groups (broad SMARTS) is 1. The highest BCUT2D eigenvalue weighted by Gasteiger charge is 2.12. The van der Waals surface area contributed by atoms with Crippen molar-refractivity contribution in [2.75, 3.05) is 11.1 Å². The lowest BCUT2D eigenvalue weighted by atomic mass is 10.1. The van der Waals surface area contributed by atoms with E-state index in [-0.39, 0.29) is 17.2 Å². The molecule has 1 aromatic rings. The van der Waals surface area contributed by atoms with Gasteiger partial charge in [-0.1, -0.05) is 13.0 Å². The van der Waals surface area contributed by atoms with Crippen LogP contribution in [-0.4, -0.2) is 22.7 Å². The maximum absolute atomic E-state index is 11.2. The Balaban J connectivity index is 3.10. The molecule has 0 heterocycles. The molecule has 0 aliphatic heterocycles. The zero-order valence-corrected chi connectivity index (χ0v) is 9.75. The second-order valence-corrected chi connectivity index (χ2v) is 3.56. The Bertz CT molecular complexity index is 418. The number of anilines is 1. The molecule has 0 saturated carbocycles. The van der Waals surface area contributed by atoms with Crippen LogP contribution in [0.15, 0.2) is 18.2 Å². The highest BCUT2D eigenvalue weighted by atomic mass is 32.1. The van der Waals surface area contributed by atoms with Crippen LogP contribution in [0.1, 0.15) is 22.8 Å². The molecule has 4 nitrogen and oxygen atoms in total. The first kappa shape index (κ1) is 12.6. The number of benzene rings is 1. The van der Waals surface area contributed by atoms with E-state index in [1.54, 1.807) is 12.1 Å². The lowest BCUT2D eigenvalue weighted by molar-refractivity contribution is -0.113. The Kier molecular flexibility index (Phi) is 4.37. The van der Waals surface area contributed by atoms with Crippen LogP contribution >= 0.6 is 12.6 Å². The number of hydrogen-bond donors (Lipinski definition) is 3. The summed E-state index contributed by atoms with van der Waals surface area (Å²) in [5, 5.41) is 11.5. The standard InChI is InChI=1S/C11H13NO3S/c1-2-7-3-4-8(11(14)15)9(5-7)12-10(13)6-16/h3-5,16H,2,6H2,1H3,(H,12,13)(H,14,15). The van der Waals surface area contributed by atoms with Gasteiger partial charge in [0.15, 0.2) is 0 Å². The summed E-state index contributed by atoms with van der Waals surface area (Å²) in [4.78, 5) is 22.1. The van der Waals surface area contributed by atoms with Gasteiger partial charge in [0.2, 0.25) is 5.91 Å². The van der Waals surface area contributed by atoms with E-state index in [1.165, 1.54) is 6.07 Å². The second-order valence-electron chi connectivity index (χ2n) is 3.24. The van der Waals surface area contributed by atoms with E-state index in [9.17, 15) is 9.59 Å². The third kappa shape index (κ3) is 3.00. The van der Waals surface area contributed by atoms with E-state index in [0.717, 1.165) is 12.0 Å². The van der Waals surface area contributed by atoms with Crippen molar-refractivity contribution in [1.82, 2.24) is 0 Å². The van der Waals surface area contributed by atoms with E-state index >= 15 is 0 Å². The highest BCUT2D eigenvalue weighted by molar-refractivity contribution is 7.81. The topological polar surface area (TPSA) is 66.4 Å². The summed E-state index contributed by atoms with van der Waals surface area (Å²) in [6.45, 7) is 1.96. The van der Waals surface area contributed by atoms with Gasteiger partial charge in [-0.25, -0.2) is 4.79 Å². The summed E-state index contributed by atoms with van der Waals surface area (Å²) in [7, 11) is 0. The minimum Gasteiger partial charge on any atom is -0.478 e. The quantitative estimate of drug-likeness (QED) is 0.702. The molecular weight excluding hydrogens is 226 g/mol. The lowest BCUT2D eigenvalue weighted by Gasteiger charge is -2.09. The van der Waals surface area contributed by atoms with E-state index in [0.29, 0.717) is 5.69 Å². The molecule has 1 rings (SSSR count). The molecule has 0 fully saturated rings. The molecule has 0 bridgehead atoms. The van der Waals surface area contributed by atoms with Gasteiger partial charge in [-0.3, -0.25) is 4.79 Å². The van der Waals surface area contributed by atoms with E-state index < -0.39 is 5.97 Å². The van der Waals surface area contributed by atoms with Crippen molar-refractivity contribution < 1.29 is 14.7 Å². The van der Waals surface area contributed by atoms with Gasteiger partial charge in [0.05, 0.1) is 17.0 Å². The molecule has 0 atom stereocenters. The van der Waals surface area contributed by atoms with Crippen molar-refractivity contribution >= 4 is 30.2 Å². The number of carbonyl (C=O) groups is 2. The first-order valence-corrected chi connectivity index (χ1v) is 5.48. The Morgan fingerprint density at radius 1 is 1.44 bits per heavy atom. The predicted octanol–water partition coefficient (Wildman–Crippen LogP) is 1.82. The molecule has 0 radical (unpaired) electrons. The van der Waals surface area contributed by atoms with Crippen molar-refractivity contribution in [3.05, 3.63) is 29.3 Å². The van der Waals surface area contributed by atoms with Crippen molar-refractivity contribution in [3.8, 4) is 0 Å². The van der Waals surface area contributed by atoms with Gasteiger partial charge in [0, 0.05) is 0 Å². The van der Waals surface area contributed by atoms with Crippen LogP contribution in [0.4, 0.5) is 5.69 Å². The molecule has 0 saturated heterocycles. The van der Waals surface area contributed by atoms with Gasteiger partial charge in [0.25, 0.3) is 0 Å². The molecule has 0 spiro atoms. The predicted molar refractivity (Wildman–Crippen MR) is 65.3 cm³/mol. The molecule has 0 aromatic heterocycles. The fourth-order valence-electron chi connectivity index (χ4n) is 1.29. The van der Waals surface area contributed by atoms with Crippen LogP contribution in [0, 0.1) is 0 Å². The normalized spacial score (nSPS) is 9.88. The van der Waals surface area contributed by atoms with Crippen molar-refractivity contribution in [2.45, 2.75) is 13.3 Å². The van der Waals surface area contributed by atoms with Gasteiger partial charge < -0.3 is 10.4 Å². The number of thiol groups is 1. The summed E-state index contributed by atoms with van der Waals surface area (Å²) in [5.74, 6) is -1.36. The van der Waals surface area contributed by atoms with Gasteiger partial charge in [-0.15, -0.1) is 0 Å². The van der Waals surface area contributed by atoms with Crippen LogP contribution in [-0.2, 0) is 11.2 Å². The molecule has 0 aliphatic rings. The lowest BCUT2D eigenvalue weighted by Crippen LogP contribution is -2.15. The Morgan fingerprint density at radius 2 is 2.12 bits per heavy atom. The van der Waals surface area contributed by atoms with E-state index in [4.69, 9.17) is 5.11 Å². The van der Waals surface area contributed by atoms with Crippen LogP contribution in [0.3, 0.4) is 0 Å². The van der Waals surface area contributed by atoms with Crippen LogP contribution in [0.25, 0.3) is 0 Å². The molecule has 1 aromatic carbocycles. The van der Waals surface area contributed by atoms with Gasteiger partial charge in [0.1, 0.15) is 0 Å². The van der Waals surface area contributed by atoms with Gasteiger partial charge in [-0.05, 0) is 24.1 Å².